The molecule has 3 nitrogen and oxygen atoms in total. The fraction of sp³-hybridized carbons (Fsp3) is 0.167. The maximum absolute atomic E-state index is 12.7. The summed E-state index contributed by atoms with van der Waals surface area (Å²) in [5.74, 6) is -0.0222. The van der Waals surface area contributed by atoms with E-state index in [-0.39, 0.29) is 11.4 Å². The molecule has 0 fully saturated rings. The molecule has 2 aromatic carbocycles. The molecule has 0 amide bonds. The number of hydrogen-bond acceptors (Lipinski definition) is 2. The summed E-state index contributed by atoms with van der Waals surface area (Å²) in [4.78, 5) is 12.7. The molecule has 3 heteroatoms. The molecule has 0 unspecified atom stereocenters. The van der Waals surface area contributed by atoms with Crippen molar-refractivity contribution in [1.82, 2.24) is 4.57 Å². The van der Waals surface area contributed by atoms with Gasteiger partial charge in [-0.15, -0.1) is 0 Å². The van der Waals surface area contributed by atoms with Gasteiger partial charge in [-0.2, -0.15) is 0 Å². The van der Waals surface area contributed by atoms with Gasteiger partial charge in [0.25, 0.3) is 5.56 Å². The standard InChI is InChI=1S/C18H17NO2/c1-3-14-12(2)11-17(20)19(18(14)21)16-10-6-8-13-7-4-5-9-15(13)16/h4-11,20H,3H2,1-2H3. The maximum atomic E-state index is 12.7. The number of aromatic hydroxyl groups is 1. The molecule has 0 saturated carbocycles. The Morgan fingerprint density at radius 3 is 2.57 bits per heavy atom. The van der Waals surface area contributed by atoms with Crippen LogP contribution in [0.15, 0.2) is 53.3 Å². The Morgan fingerprint density at radius 1 is 1.10 bits per heavy atom. The molecule has 0 spiro atoms. The summed E-state index contributed by atoms with van der Waals surface area (Å²) in [6.07, 6.45) is 0.649. The molecule has 3 rings (SSSR count). The number of nitrogens with zero attached hydrogens (tertiary/aromatic N) is 1. The number of rotatable bonds is 2. The van der Waals surface area contributed by atoms with Gasteiger partial charge < -0.3 is 5.11 Å². The van der Waals surface area contributed by atoms with E-state index >= 15 is 0 Å². The number of fused-ring (bicyclic) bond motifs is 1. The van der Waals surface area contributed by atoms with Crippen LogP contribution in [0, 0.1) is 6.92 Å². The van der Waals surface area contributed by atoms with Crippen molar-refractivity contribution in [1.29, 1.82) is 0 Å². The van der Waals surface area contributed by atoms with E-state index in [0.29, 0.717) is 12.1 Å². The predicted molar refractivity (Wildman–Crippen MR) is 85.3 cm³/mol. The average molecular weight is 279 g/mol. The minimum atomic E-state index is -0.147. The molecular weight excluding hydrogens is 262 g/mol. The number of hydrogen-bond donors (Lipinski definition) is 1. The first kappa shape index (κ1) is 13.4. The Bertz CT molecular complexity index is 873. The molecule has 106 valence electrons. The first-order valence-corrected chi connectivity index (χ1v) is 7.06. The van der Waals surface area contributed by atoms with Gasteiger partial charge >= 0.3 is 0 Å². The van der Waals surface area contributed by atoms with E-state index in [4.69, 9.17) is 0 Å². The molecule has 0 bridgehead atoms. The van der Waals surface area contributed by atoms with Crippen LogP contribution in [-0.2, 0) is 6.42 Å². The molecule has 0 saturated heterocycles. The van der Waals surface area contributed by atoms with E-state index in [1.807, 2.05) is 56.3 Å². The highest BCUT2D eigenvalue weighted by molar-refractivity contribution is 5.90. The quantitative estimate of drug-likeness (QED) is 0.779. The number of aromatic nitrogens is 1. The lowest BCUT2D eigenvalue weighted by Crippen LogP contribution is -2.23. The third-order valence-corrected chi connectivity index (χ3v) is 3.87. The van der Waals surface area contributed by atoms with Crippen LogP contribution in [0.25, 0.3) is 16.5 Å². The van der Waals surface area contributed by atoms with Gasteiger partial charge in [-0.1, -0.05) is 43.3 Å². The van der Waals surface area contributed by atoms with E-state index in [1.165, 1.54) is 4.57 Å². The van der Waals surface area contributed by atoms with Crippen LogP contribution in [0.3, 0.4) is 0 Å². The zero-order valence-corrected chi connectivity index (χ0v) is 12.1. The van der Waals surface area contributed by atoms with E-state index in [1.54, 1.807) is 6.07 Å². The highest BCUT2D eigenvalue weighted by Gasteiger charge is 2.13. The lowest BCUT2D eigenvalue weighted by molar-refractivity contribution is 0.434. The number of pyridine rings is 1. The predicted octanol–water partition coefficient (Wildman–Crippen LogP) is 3.57. The van der Waals surface area contributed by atoms with Gasteiger partial charge in [0, 0.05) is 17.0 Å². The normalized spacial score (nSPS) is 11.0. The van der Waals surface area contributed by atoms with Crippen LogP contribution in [0.4, 0.5) is 0 Å². The summed E-state index contributed by atoms with van der Waals surface area (Å²) in [7, 11) is 0. The minimum absolute atomic E-state index is 0.0222. The molecular formula is C18H17NO2. The zero-order chi connectivity index (χ0) is 15.0. The second kappa shape index (κ2) is 5.09. The maximum Gasteiger partial charge on any atom is 0.261 e. The SMILES string of the molecule is CCc1c(C)cc(O)n(-c2cccc3ccccc23)c1=O. The highest BCUT2D eigenvalue weighted by Crippen LogP contribution is 2.25. The van der Waals surface area contributed by atoms with Crippen molar-refractivity contribution >= 4 is 10.8 Å². The van der Waals surface area contributed by atoms with Gasteiger partial charge in [0.05, 0.1) is 5.69 Å². The Balaban J connectivity index is 2.42. The molecule has 0 aliphatic carbocycles. The number of aryl methyl sites for hydroxylation is 1. The Kier molecular flexibility index (Phi) is 3.26. The smallest absolute Gasteiger partial charge is 0.261 e. The van der Waals surface area contributed by atoms with Gasteiger partial charge in [0.15, 0.2) is 5.88 Å². The summed E-state index contributed by atoms with van der Waals surface area (Å²) >= 11 is 0. The van der Waals surface area contributed by atoms with Gasteiger partial charge in [0.1, 0.15) is 0 Å². The molecule has 1 aromatic heterocycles. The van der Waals surface area contributed by atoms with Gasteiger partial charge in [-0.3, -0.25) is 4.79 Å². The molecule has 0 aliphatic heterocycles. The first-order chi connectivity index (χ1) is 10.1. The third kappa shape index (κ3) is 2.11. The van der Waals surface area contributed by atoms with Crippen molar-refractivity contribution < 1.29 is 5.11 Å². The van der Waals surface area contributed by atoms with Crippen LogP contribution in [0.2, 0.25) is 0 Å². The zero-order valence-electron chi connectivity index (χ0n) is 12.1. The van der Waals surface area contributed by atoms with E-state index in [9.17, 15) is 9.90 Å². The molecule has 0 radical (unpaired) electrons. The van der Waals surface area contributed by atoms with Gasteiger partial charge in [0.2, 0.25) is 0 Å². The summed E-state index contributed by atoms with van der Waals surface area (Å²) in [6, 6.07) is 15.3. The largest absolute Gasteiger partial charge is 0.494 e. The molecule has 3 aromatic rings. The van der Waals surface area contributed by atoms with Gasteiger partial charge in [-0.05, 0) is 30.4 Å². The monoisotopic (exact) mass is 279 g/mol. The van der Waals surface area contributed by atoms with Crippen molar-refractivity contribution in [2.45, 2.75) is 20.3 Å². The van der Waals surface area contributed by atoms with Crippen LogP contribution in [-0.4, -0.2) is 9.67 Å². The number of benzene rings is 2. The van der Waals surface area contributed by atoms with E-state index in [0.717, 1.165) is 21.9 Å². The lowest BCUT2D eigenvalue weighted by atomic mass is 10.1. The second-order valence-electron chi connectivity index (χ2n) is 5.16. The molecule has 0 atom stereocenters. The summed E-state index contributed by atoms with van der Waals surface area (Å²) in [6.45, 7) is 3.81. The molecule has 1 heterocycles. The van der Waals surface area contributed by atoms with Crippen molar-refractivity contribution in [3.63, 3.8) is 0 Å². The van der Waals surface area contributed by atoms with Gasteiger partial charge in [-0.25, -0.2) is 4.57 Å². The average Bonchev–Trinajstić information content (AvgIpc) is 2.47. The van der Waals surface area contributed by atoms with Crippen LogP contribution in [0.1, 0.15) is 18.1 Å². The fourth-order valence-electron chi connectivity index (χ4n) is 2.82. The van der Waals surface area contributed by atoms with Crippen molar-refractivity contribution in [3.8, 4) is 11.6 Å². The molecule has 0 aliphatic rings. The van der Waals surface area contributed by atoms with Crippen LogP contribution in [0.5, 0.6) is 5.88 Å². The van der Waals surface area contributed by atoms with Crippen molar-refractivity contribution in [3.05, 3.63) is 70.0 Å². The minimum Gasteiger partial charge on any atom is -0.494 e. The van der Waals surface area contributed by atoms with E-state index < -0.39 is 0 Å². The third-order valence-electron chi connectivity index (χ3n) is 3.87. The van der Waals surface area contributed by atoms with Crippen LogP contribution < -0.4 is 5.56 Å². The van der Waals surface area contributed by atoms with Crippen molar-refractivity contribution in [2.24, 2.45) is 0 Å². The Morgan fingerprint density at radius 2 is 1.81 bits per heavy atom. The topological polar surface area (TPSA) is 42.2 Å². The summed E-state index contributed by atoms with van der Waals surface area (Å²) in [5, 5.41) is 12.3. The molecule has 1 N–H and O–H groups in total. The summed E-state index contributed by atoms with van der Waals surface area (Å²) < 4.78 is 1.40. The first-order valence-electron chi connectivity index (χ1n) is 7.06. The Hall–Kier alpha value is -2.55. The lowest BCUT2D eigenvalue weighted by Gasteiger charge is -2.14. The fourth-order valence-corrected chi connectivity index (χ4v) is 2.82. The Labute approximate surface area is 123 Å². The highest BCUT2D eigenvalue weighted by atomic mass is 16.3. The second-order valence-corrected chi connectivity index (χ2v) is 5.16. The van der Waals surface area contributed by atoms with Crippen LogP contribution >= 0.6 is 0 Å². The molecule has 21 heavy (non-hydrogen) atoms. The van der Waals surface area contributed by atoms with Crippen molar-refractivity contribution in [2.75, 3.05) is 0 Å². The van der Waals surface area contributed by atoms with E-state index in [2.05, 4.69) is 0 Å². The summed E-state index contributed by atoms with van der Waals surface area (Å²) in [5.41, 5.74) is 2.13.